The van der Waals surface area contributed by atoms with E-state index in [1.807, 2.05) is 0 Å². The maximum absolute atomic E-state index is 12.1. The van der Waals surface area contributed by atoms with Crippen molar-refractivity contribution in [2.24, 2.45) is 5.73 Å². The SMILES string of the molecule is C=CCN1C(=O)C(C)Oc2ccc(C(O)CN)cc21. The van der Waals surface area contributed by atoms with Crippen LogP contribution in [0, 0.1) is 0 Å². The lowest BCUT2D eigenvalue weighted by Crippen LogP contribution is -2.44. The summed E-state index contributed by atoms with van der Waals surface area (Å²) in [5.74, 6) is 0.508. The van der Waals surface area contributed by atoms with E-state index in [9.17, 15) is 9.90 Å². The molecule has 1 aliphatic heterocycles. The molecule has 0 saturated carbocycles. The van der Waals surface area contributed by atoms with Crippen LogP contribution < -0.4 is 15.4 Å². The highest BCUT2D eigenvalue weighted by molar-refractivity contribution is 6.00. The first-order valence-electron chi connectivity index (χ1n) is 6.19. The predicted molar refractivity (Wildman–Crippen MR) is 73.1 cm³/mol. The minimum Gasteiger partial charge on any atom is -0.479 e. The van der Waals surface area contributed by atoms with Crippen LogP contribution in [0.25, 0.3) is 0 Å². The normalized spacial score (nSPS) is 19.6. The molecule has 0 saturated heterocycles. The Morgan fingerprint density at radius 3 is 3.00 bits per heavy atom. The van der Waals surface area contributed by atoms with Crippen molar-refractivity contribution in [1.29, 1.82) is 0 Å². The summed E-state index contributed by atoms with van der Waals surface area (Å²) in [6, 6.07) is 5.24. The number of nitrogens with zero attached hydrogens (tertiary/aromatic N) is 1. The third kappa shape index (κ3) is 2.47. The number of hydrogen-bond donors (Lipinski definition) is 2. The second kappa shape index (κ2) is 5.42. The summed E-state index contributed by atoms with van der Waals surface area (Å²) < 4.78 is 5.55. The van der Waals surface area contributed by atoms with E-state index in [2.05, 4.69) is 6.58 Å². The van der Waals surface area contributed by atoms with Crippen LogP contribution in [-0.4, -0.2) is 30.2 Å². The second-order valence-electron chi connectivity index (χ2n) is 4.48. The van der Waals surface area contributed by atoms with Gasteiger partial charge in [0, 0.05) is 13.1 Å². The fourth-order valence-electron chi connectivity index (χ4n) is 2.08. The topological polar surface area (TPSA) is 75.8 Å². The number of carbonyl (C=O) groups is 1. The molecule has 0 bridgehead atoms. The van der Waals surface area contributed by atoms with Crippen molar-refractivity contribution in [3.63, 3.8) is 0 Å². The Morgan fingerprint density at radius 2 is 2.37 bits per heavy atom. The Bertz CT molecular complexity index is 501. The molecule has 2 atom stereocenters. The standard InChI is InChI=1S/C14H18N2O3/c1-3-6-16-11-7-10(12(17)8-15)4-5-13(11)19-9(2)14(16)18/h3-5,7,9,12,17H,1,6,8,15H2,2H3. The molecule has 0 radical (unpaired) electrons. The average molecular weight is 262 g/mol. The molecule has 0 spiro atoms. The monoisotopic (exact) mass is 262 g/mol. The Labute approximate surface area is 112 Å². The van der Waals surface area contributed by atoms with Crippen LogP contribution in [0.2, 0.25) is 0 Å². The molecular weight excluding hydrogens is 244 g/mol. The molecule has 0 fully saturated rings. The molecule has 0 aromatic heterocycles. The van der Waals surface area contributed by atoms with Gasteiger partial charge in [0.15, 0.2) is 6.10 Å². The number of amides is 1. The van der Waals surface area contributed by atoms with E-state index >= 15 is 0 Å². The van der Waals surface area contributed by atoms with Crippen molar-refractivity contribution in [1.82, 2.24) is 0 Å². The quantitative estimate of drug-likeness (QED) is 0.793. The van der Waals surface area contributed by atoms with Gasteiger partial charge < -0.3 is 20.5 Å². The first kappa shape index (κ1) is 13.6. The van der Waals surface area contributed by atoms with E-state index in [0.717, 1.165) is 0 Å². The molecule has 5 nitrogen and oxygen atoms in total. The summed E-state index contributed by atoms with van der Waals surface area (Å²) in [7, 11) is 0. The van der Waals surface area contributed by atoms with Gasteiger partial charge >= 0.3 is 0 Å². The Balaban J connectivity index is 2.45. The summed E-state index contributed by atoms with van der Waals surface area (Å²) >= 11 is 0. The van der Waals surface area contributed by atoms with Crippen LogP contribution in [-0.2, 0) is 4.79 Å². The lowest BCUT2D eigenvalue weighted by molar-refractivity contribution is -0.125. The van der Waals surface area contributed by atoms with Crippen molar-refractivity contribution >= 4 is 11.6 Å². The largest absolute Gasteiger partial charge is 0.479 e. The molecule has 5 heteroatoms. The molecule has 0 aliphatic carbocycles. The predicted octanol–water partition coefficient (Wildman–Crippen LogP) is 0.979. The van der Waals surface area contributed by atoms with Gasteiger partial charge in [-0.05, 0) is 24.6 Å². The smallest absolute Gasteiger partial charge is 0.268 e. The third-order valence-corrected chi connectivity index (χ3v) is 3.11. The van der Waals surface area contributed by atoms with Crippen LogP contribution in [0.15, 0.2) is 30.9 Å². The number of nitrogens with two attached hydrogens (primary N) is 1. The number of fused-ring (bicyclic) bond motifs is 1. The van der Waals surface area contributed by atoms with Gasteiger partial charge in [-0.2, -0.15) is 0 Å². The zero-order chi connectivity index (χ0) is 14.0. The molecular formula is C14H18N2O3. The minimum atomic E-state index is -0.745. The third-order valence-electron chi connectivity index (χ3n) is 3.11. The molecule has 2 rings (SSSR count). The maximum atomic E-state index is 12.1. The van der Waals surface area contributed by atoms with Crippen molar-refractivity contribution in [3.8, 4) is 5.75 Å². The fraction of sp³-hybridized carbons (Fsp3) is 0.357. The summed E-state index contributed by atoms with van der Waals surface area (Å²) in [4.78, 5) is 13.7. The van der Waals surface area contributed by atoms with Gasteiger partial charge in [-0.3, -0.25) is 4.79 Å². The number of carbonyl (C=O) groups excluding carboxylic acids is 1. The summed E-state index contributed by atoms with van der Waals surface area (Å²) in [6.45, 7) is 5.90. The lowest BCUT2D eigenvalue weighted by Gasteiger charge is -2.33. The first-order valence-corrected chi connectivity index (χ1v) is 6.19. The number of rotatable bonds is 4. The van der Waals surface area contributed by atoms with Crippen LogP contribution in [0.5, 0.6) is 5.75 Å². The zero-order valence-corrected chi connectivity index (χ0v) is 10.9. The van der Waals surface area contributed by atoms with Crippen LogP contribution in [0.4, 0.5) is 5.69 Å². The van der Waals surface area contributed by atoms with Crippen LogP contribution in [0.1, 0.15) is 18.6 Å². The van der Waals surface area contributed by atoms with Crippen LogP contribution in [0.3, 0.4) is 0 Å². The highest BCUT2D eigenvalue weighted by atomic mass is 16.5. The van der Waals surface area contributed by atoms with Gasteiger partial charge in [-0.1, -0.05) is 12.1 Å². The van der Waals surface area contributed by atoms with Crippen molar-refractivity contribution in [3.05, 3.63) is 36.4 Å². The van der Waals surface area contributed by atoms with Gasteiger partial charge in [-0.25, -0.2) is 0 Å². The van der Waals surface area contributed by atoms with E-state index in [0.29, 0.717) is 23.5 Å². The van der Waals surface area contributed by atoms with E-state index < -0.39 is 12.2 Å². The molecule has 1 aliphatic rings. The van der Waals surface area contributed by atoms with Crippen molar-refractivity contribution in [2.75, 3.05) is 18.0 Å². The Kier molecular flexibility index (Phi) is 3.87. The molecule has 1 amide bonds. The fourth-order valence-corrected chi connectivity index (χ4v) is 2.08. The highest BCUT2D eigenvalue weighted by Gasteiger charge is 2.31. The summed E-state index contributed by atoms with van der Waals surface area (Å²) in [5.41, 5.74) is 6.76. The van der Waals surface area contributed by atoms with Crippen molar-refractivity contribution in [2.45, 2.75) is 19.1 Å². The first-order chi connectivity index (χ1) is 9.08. The minimum absolute atomic E-state index is 0.119. The van der Waals surface area contributed by atoms with Gasteiger partial charge in [-0.15, -0.1) is 6.58 Å². The number of aliphatic hydroxyl groups excluding tert-OH is 1. The number of aliphatic hydroxyl groups is 1. The number of ether oxygens (including phenoxy) is 1. The molecule has 1 heterocycles. The molecule has 3 N–H and O–H groups in total. The Hall–Kier alpha value is -1.85. The summed E-state index contributed by atoms with van der Waals surface area (Å²) in [5, 5.41) is 9.78. The van der Waals surface area contributed by atoms with Gasteiger partial charge in [0.05, 0.1) is 11.8 Å². The van der Waals surface area contributed by atoms with E-state index in [-0.39, 0.29) is 12.5 Å². The number of benzene rings is 1. The second-order valence-corrected chi connectivity index (χ2v) is 4.48. The number of anilines is 1. The zero-order valence-electron chi connectivity index (χ0n) is 10.9. The van der Waals surface area contributed by atoms with Gasteiger partial charge in [0.2, 0.25) is 0 Å². The Morgan fingerprint density at radius 1 is 1.63 bits per heavy atom. The molecule has 1 aromatic rings. The summed E-state index contributed by atoms with van der Waals surface area (Å²) in [6.07, 6.45) is 0.397. The van der Waals surface area contributed by atoms with Crippen LogP contribution >= 0.6 is 0 Å². The molecule has 1 aromatic carbocycles. The van der Waals surface area contributed by atoms with Gasteiger partial charge in [0.1, 0.15) is 5.75 Å². The number of hydrogen-bond acceptors (Lipinski definition) is 4. The van der Waals surface area contributed by atoms with E-state index in [4.69, 9.17) is 10.5 Å². The van der Waals surface area contributed by atoms with Crippen molar-refractivity contribution < 1.29 is 14.6 Å². The molecule has 102 valence electrons. The van der Waals surface area contributed by atoms with E-state index in [1.165, 1.54) is 0 Å². The molecule has 19 heavy (non-hydrogen) atoms. The maximum Gasteiger partial charge on any atom is 0.268 e. The average Bonchev–Trinajstić information content (AvgIpc) is 2.42. The lowest BCUT2D eigenvalue weighted by atomic mass is 10.1. The van der Waals surface area contributed by atoms with E-state index in [1.54, 1.807) is 36.1 Å². The molecule has 2 unspecified atom stereocenters. The highest BCUT2D eigenvalue weighted by Crippen LogP contribution is 2.36. The van der Waals surface area contributed by atoms with Gasteiger partial charge in [0.25, 0.3) is 5.91 Å².